The zero-order valence-corrected chi connectivity index (χ0v) is 24.3. The van der Waals surface area contributed by atoms with Crippen LogP contribution < -0.4 is 11.1 Å². The Hall–Kier alpha value is -1.68. The van der Waals surface area contributed by atoms with Gasteiger partial charge in [-0.2, -0.15) is 0 Å². The highest BCUT2D eigenvalue weighted by Crippen LogP contribution is 2.38. The summed E-state index contributed by atoms with van der Waals surface area (Å²) in [6, 6.07) is 10.6. The van der Waals surface area contributed by atoms with Crippen molar-refractivity contribution in [3.63, 3.8) is 0 Å². The second kappa shape index (κ2) is 10.9. The predicted molar refractivity (Wildman–Crippen MR) is 150 cm³/mol. The van der Waals surface area contributed by atoms with E-state index >= 15 is 0 Å². The Morgan fingerprint density at radius 3 is 2.38 bits per heavy atom. The summed E-state index contributed by atoms with van der Waals surface area (Å²) >= 11 is 3.05. The highest BCUT2D eigenvalue weighted by atomic mass is 32.2. The quantitative estimate of drug-likeness (QED) is 0.165. The van der Waals surface area contributed by atoms with Gasteiger partial charge in [0.2, 0.25) is 0 Å². The third-order valence-corrected chi connectivity index (χ3v) is 12.7. The molecule has 0 fully saturated rings. The number of nitrogens with two attached hydrogens (primary N) is 1. The van der Waals surface area contributed by atoms with Crippen LogP contribution >= 0.6 is 23.1 Å². The lowest BCUT2D eigenvalue weighted by atomic mass is 10.0. The summed E-state index contributed by atoms with van der Waals surface area (Å²) in [4.78, 5) is 15.0. The monoisotopic (exact) mass is 517 g/mol. The number of thiazole rings is 1. The fraction of sp³-hybridized carbons (Fsp3) is 0.560. The van der Waals surface area contributed by atoms with Gasteiger partial charge < -0.3 is 15.5 Å². The summed E-state index contributed by atoms with van der Waals surface area (Å²) in [6.45, 7) is 18.7. The van der Waals surface area contributed by atoms with Crippen molar-refractivity contribution in [3.05, 3.63) is 35.9 Å². The number of nitrogens with one attached hydrogen (secondary N) is 1. The highest BCUT2D eigenvalue weighted by molar-refractivity contribution is 7.99. The van der Waals surface area contributed by atoms with E-state index in [4.69, 9.17) is 20.1 Å². The normalized spacial score (nSPS) is 14.5. The van der Waals surface area contributed by atoms with Gasteiger partial charge in [-0.05, 0) is 43.0 Å². The fourth-order valence-corrected chi connectivity index (χ4v) is 6.09. The molecule has 3 rings (SSSR count). The minimum Gasteiger partial charge on any atom is -0.415 e. The number of benzene rings is 1. The van der Waals surface area contributed by atoms with E-state index in [0.29, 0.717) is 17.7 Å². The van der Waals surface area contributed by atoms with E-state index in [1.165, 1.54) is 16.9 Å². The van der Waals surface area contributed by atoms with Gasteiger partial charge in [-0.15, -0.1) is 0 Å². The third kappa shape index (κ3) is 6.93. The van der Waals surface area contributed by atoms with Gasteiger partial charge in [0, 0.05) is 11.3 Å². The van der Waals surface area contributed by atoms with Crippen molar-refractivity contribution >= 4 is 52.7 Å². The first-order chi connectivity index (χ1) is 15.9. The van der Waals surface area contributed by atoms with Crippen molar-refractivity contribution in [2.75, 3.05) is 17.7 Å². The van der Waals surface area contributed by atoms with Gasteiger partial charge in [0.25, 0.3) is 0 Å². The number of anilines is 2. The maximum atomic E-state index is 6.58. The van der Waals surface area contributed by atoms with Crippen LogP contribution in [-0.4, -0.2) is 35.9 Å². The molecule has 0 aliphatic heterocycles. The largest absolute Gasteiger partial charge is 0.415 e. The lowest BCUT2D eigenvalue weighted by Gasteiger charge is -2.37. The van der Waals surface area contributed by atoms with Crippen LogP contribution in [-0.2, 0) is 4.43 Å². The molecule has 2 atom stereocenters. The fourth-order valence-electron chi connectivity index (χ4n) is 3.38. The molecule has 0 spiro atoms. The van der Waals surface area contributed by atoms with Crippen LogP contribution in [0.1, 0.15) is 58.8 Å². The average molecular weight is 518 g/mol. The summed E-state index contributed by atoms with van der Waals surface area (Å²) in [5.41, 5.74) is 8.04. The summed E-state index contributed by atoms with van der Waals surface area (Å²) in [7, 11) is -1.87. The molecule has 0 saturated heterocycles. The van der Waals surface area contributed by atoms with E-state index < -0.39 is 8.32 Å². The molecule has 0 aliphatic carbocycles. The molecule has 1 aromatic carbocycles. The van der Waals surface area contributed by atoms with Crippen LogP contribution in [0.4, 0.5) is 10.9 Å². The smallest absolute Gasteiger partial charge is 0.192 e. The molecule has 0 aliphatic rings. The number of aromatic nitrogens is 3. The third-order valence-electron chi connectivity index (χ3n) is 6.35. The number of fused-ring (bicyclic) bond motifs is 1. The van der Waals surface area contributed by atoms with Gasteiger partial charge in [-0.3, -0.25) is 0 Å². The van der Waals surface area contributed by atoms with Crippen molar-refractivity contribution in [1.29, 1.82) is 0 Å². The minimum absolute atomic E-state index is 0.125. The molecule has 2 aromatic heterocycles. The van der Waals surface area contributed by atoms with E-state index in [0.717, 1.165) is 27.7 Å². The maximum absolute atomic E-state index is 6.58. The lowest BCUT2D eigenvalue weighted by Crippen LogP contribution is -2.44. The first kappa shape index (κ1) is 26.9. The molecule has 3 aromatic rings. The Kier molecular flexibility index (Phi) is 8.65. The van der Waals surface area contributed by atoms with Crippen molar-refractivity contribution in [3.8, 4) is 0 Å². The molecular weight excluding hydrogens is 479 g/mol. The molecule has 0 unspecified atom stereocenters. The average Bonchev–Trinajstić information content (AvgIpc) is 3.12. The Bertz CT molecular complexity index is 1080. The van der Waals surface area contributed by atoms with Gasteiger partial charge in [-0.25, -0.2) is 15.0 Å². The zero-order valence-electron chi connectivity index (χ0n) is 21.7. The van der Waals surface area contributed by atoms with E-state index in [1.807, 2.05) is 6.07 Å². The van der Waals surface area contributed by atoms with Crippen LogP contribution in [0.2, 0.25) is 18.1 Å². The Labute approximate surface area is 213 Å². The van der Waals surface area contributed by atoms with Gasteiger partial charge in [0.1, 0.15) is 5.52 Å². The number of hydrogen-bond acceptors (Lipinski definition) is 8. The van der Waals surface area contributed by atoms with E-state index in [9.17, 15) is 0 Å². The Balaban J connectivity index is 1.87. The van der Waals surface area contributed by atoms with Gasteiger partial charge in [0.05, 0.1) is 6.61 Å². The van der Waals surface area contributed by atoms with Crippen LogP contribution in [0, 0.1) is 5.92 Å². The van der Waals surface area contributed by atoms with Gasteiger partial charge in [0.15, 0.2) is 29.3 Å². The van der Waals surface area contributed by atoms with E-state index in [2.05, 4.69) is 89.2 Å². The molecule has 0 saturated carbocycles. The van der Waals surface area contributed by atoms with Crippen molar-refractivity contribution < 1.29 is 4.43 Å². The number of rotatable bonds is 10. The number of hydrogen-bond donors (Lipinski definition) is 2. The van der Waals surface area contributed by atoms with Crippen LogP contribution in [0.5, 0.6) is 0 Å². The highest BCUT2D eigenvalue weighted by Gasteiger charge is 2.37. The summed E-state index contributed by atoms with van der Waals surface area (Å²) < 4.78 is 6.58. The number of thioether (sulfide) groups is 1. The van der Waals surface area contributed by atoms with Gasteiger partial charge in [-0.1, -0.05) is 88.0 Å². The molecule has 0 bridgehead atoms. The Morgan fingerprint density at radius 1 is 1.09 bits per heavy atom. The van der Waals surface area contributed by atoms with Crippen molar-refractivity contribution in [2.24, 2.45) is 5.92 Å². The molecule has 34 heavy (non-hydrogen) atoms. The first-order valence-corrected chi connectivity index (χ1v) is 16.5. The van der Waals surface area contributed by atoms with E-state index in [1.54, 1.807) is 11.8 Å². The minimum atomic E-state index is -1.87. The zero-order chi connectivity index (χ0) is 25.1. The molecule has 0 amide bonds. The molecule has 9 heteroatoms. The summed E-state index contributed by atoms with van der Waals surface area (Å²) in [6.07, 6.45) is 0.975. The molecule has 2 heterocycles. The van der Waals surface area contributed by atoms with Crippen LogP contribution in [0.25, 0.3) is 10.3 Å². The molecule has 186 valence electrons. The standard InChI is InChI=1S/C25H39N5OS2Si/c1-16(2)14-19(15-31-34(7,8)25(4,5)6)27-21-20-22(33-23(26)28-20)30-24(29-21)32-17(3)18-12-10-9-11-13-18/h9-13,16-17,19H,14-15H2,1-8H3,(H2,26,28)(H,27,29,30)/t17-,19+/m0/s1. The summed E-state index contributed by atoms with van der Waals surface area (Å²) in [5, 5.41) is 5.29. The molecule has 0 radical (unpaired) electrons. The Morgan fingerprint density at radius 2 is 1.76 bits per heavy atom. The van der Waals surface area contributed by atoms with Crippen LogP contribution in [0.3, 0.4) is 0 Å². The first-order valence-electron chi connectivity index (χ1n) is 11.9. The van der Waals surface area contributed by atoms with Gasteiger partial charge >= 0.3 is 0 Å². The molecular formula is C25H39N5OS2Si. The van der Waals surface area contributed by atoms with Crippen LogP contribution in [0.15, 0.2) is 35.5 Å². The summed E-state index contributed by atoms with van der Waals surface area (Å²) in [5.74, 6) is 1.26. The second-order valence-electron chi connectivity index (χ2n) is 10.8. The lowest BCUT2D eigenvalue weighted by molar-refractivity contribution is 0.257. The topological polar surface area (TPSA) is 86.0 Å². The maximum Gasteiger partial charge on any atom is 0.192 e. The second-order valence-corrected chi connectivity index (χ2v) is 17.9. The number of nitrogens with zero attached hydrogens (tertiary/aromatic N) is 3. The predicted octanol–water partition coefficient (Wildman–Crippen LogP) is 7.37. The van der Waals surface area contributed by atoms with Crippen molar-refractivity contribution in [2.45, 2.75) is 82.5 Å². The molecule has 6 nitrogen and oxygen atoms in total. The van der Waals surface area contributed by atoms with Crippen molar-refractivity contribution in [1.82, 2.24) is 15.0 Å². The van der Waals surface area contributed by atoms with E-state index in [-0.39, 0.29) is 16.3 Å². The SMILES string of the molecule is CC(C)C[C@H](CO[Si](C)(C)C(C)(C)C)Nc1nc(S[C@@H](C)c2ccccc2)nc2sc(N)nc12. The molecule has 3 N–H and O–H groups in total. The number of nitrogen functional groups attached to an aromatic ring is 1.